The van der Waals surface area contributed by atoms with Gasteiger partial charge in [0.1, 0.15) is 5.82 Å². The van der Waals surface area contributed by atoms with E-state index < -0.39 is 27.8 Å². The molecule has 8 heteroatoms. The van der Waals surface area contributed by atoms with Gasteiger partial charge in [-0.3, -0.25) is 4.79 Å². The van der Waals surface area contributed by atoms with Crippen LogP contribution in [-0.4, -0.2) is 32.7 Å². The number of hydrogen-bond donors (Lipinski definition) is 1. The van der Waals surface area contributed by atoms with E-state index in [0.29, 0.717) is 5.56 Å². The summed E-state index contributed by atoms with van der Waals surface area (Å²) in [6, 6.07) is 11.2. The Labute approximate surface area is 150 Å². The van der Waals surface area contributed by atoms with Gasteiger partial charge in [0.15, 0.2) is 15.9 Å². The molecule has 0 aliphatic carbocycles. The van der Waals surface area contributed by atoms with Crippen LogP contribution in [0, 0.1) is 5.82 Å². The normalized spacial score (nSPS) is 12.3. The van der Waals surface area contributed by atoms with E-state index in [9.17, 15) is 22.4 Å². The number of nitrogens with one attached hydrogen (secondary N) is 1. The van der Waals surface area contributed by atoms with Gasteiger partial charge in [-0.1, -0.05) is 24.3 Å². The molecule has 0 saturated carbocycles. The first kappa shape index (κ1) is 19.6. The molecule has 2 aromatic rings. The number of benzene rings is 2. The molecule has 1 N–H and O–H groups in total. The number of sulfone groups is 1. The molecule has 0 aromatic heterocycles. The van der Waals surface area contributed by atoms with E-state index in [0.717, 1.165) is 6.26 Å². The highest BCUT2D eigenvalue weighted by atomic mass is 32.2. The summed E-state index contributed by atoms with van der Waals surface area (Å²) >= 11 is 0. The van der Waals surface area contributed by atoms with E-state index in [1.165, 1.54) is 55.5 Å². The zero-order valence-electron chi connectivity index (χ0n) is 14.2. The number of hydrogen-bond acceptors (Lipinski definition) is 5. The highest BCUT2D eigenvalue weighted by Crippen LogP contribution is 2.17. The van der Waals surface area contributed by atoms with Gasteiger partial charge in [-0.2, -0.15) is 0 Å². The number of esters is 1. The molecule has 6 nitrogen and oxygen atoms in total. The monoisotopic (exact) mass is 379 g/mol. The summed E-state index contributed by atoms with van der Waals surface area (Å²) in [6.45, 7) is 1.52. The molecule has 1 atom stereocenters. The molecule has 0 aliphatic rings. The molecule has 0 unspecified atom stereocenters. The van der Waals surface area contributed by atoms with Gasteiger partial charge < -0.3 is 10.1 Å². The largest absolute Gasteiger partial charge is 0.449 e. The second kappa shape index (κ2) is 8.09. The summed E-state index contributed by atoms with van der Waals surface area (Å²) in [6.07, 6.45) is -0.145. The van der Waals surface area contributed by atoms with Gasteiger partial charge in [0.05, 0.1) is 10.5 Å². The minimum Gasteiger partial charge on any atom is -0.449 e. The van der Waals surface area contributed by atoms with Crippen LogP contribution in [0.5, 0.6) is 0 Å². The molecule has 2 aromatic carbocycles. The van der Waals surface area contributed by atoms with Crippen LogP contribution < -0.4 is 5.32 Å². The van der Waals surface area contributed by atoms with Crippen LogP contribution in [-0.2, 0) is 25.9 Å². The molecule has 0 heterocycles. The SMILES string of the molecule is C[C@H](OC(=O)c1ccccc1S(C)(=O)=O)C(=O)NCc1ccc(F)cc1. The van der Waals surface area contributed by atoms with Crippen molar-refractivity contribution in [3.8, 4) is 0 Å². The molecule has 2 rings (SSSR count). The Morgan fingerprint density at radius 1 is 1.12 bits per heavy atom. The third-order valence-corrected chi connectivity index (χ3v) is 4.69. The Hall–Kier alpha value is -2.74. The summed E-state index contributed by atoms with van der Waals surface area (Å²) in [5, 5.41) is 2.56. The fourth-order valence-corrected chi connectivity index (χ4v) is 3.05. The molecule has 0 aliphatic heterocycles. The van der Waals surface area contributed by atoms with Crippen LogP contribution in [0.4, 0.5) is 4.39 Å². The van der Waals surface area contributed by atoms with Crippen LogP contribution in [0.15, 0.2) is 53.4 Å². The highest BCUT2D eigenvalue weighted by Gasteiger charge is 2.23. The van der Waals surface area contributed by atoms with Crippen molar-refractivity contribution in [2.24, 2.45) is 0 Å². The van der Waals surface area contributed by atoms with E-state index in [1.54, 1.807) is 0 Å². The summed E-state index contributed by atoms with van der Waals surface area (Å²) in [5.74, 6) is -1.85. The minimum atomic E-state index is -3.62. The predicted octanol–water partition coefficient (Wildman–Crippen LogP) is 2.09. The van der Waals surface area contributed by atoms with Crippen LogP contribution in [0.2, 0.25) is 0 Å². The second-order valence-electron chi connectivity index (χ2n) is 5.66. The molecule has 0 bridgehead atoms. The van der Waals surface area contributed by atoms with Crippen LogP contribution in [0.1, 0.15) is 22.8 Å². The first-order chi connectivity index (χ1) is 12.2. The highest BCUT2D eigenvalue weighted by molar-refractivity contribution is 7.90. The average molecular weight is 379 g/mol. The van der Waals surface area contributed by atoms with Crippen molar-refractivity contribution in [3.63, 3.8) is 0 Å². The van der Waals surface area contributed by atoms with E-state index >= 15 is 0 Å². The van der Waals surface area contributed by atoms with E-state index in [-0.39, 0.29) is 22.8 Å². The molecule has 0 spiro atoms. The van der Waals surface area contributed by atoms with Gasteiger partial charge in [-0.15, -0.1) is 0 Å². The first-order valence-corrected chi connectivity index (χ1v) is 9.60. The number of carbonyl (C=O) groups excluding carboxylic acids is 2. The van der Waals surface area contributed by atoms with E-state index in [4.69, 9.17) is 4.74 Å². The third kappa shape index (κ3) is 5.13. The fourth-order valence-electron chi connectivity index (χ4n) is 2.17. The molecule has 26 heavy (non-hydrogen) atoms. The fraction of sp³-hybridized carbons (Fsp3) is 0.222. The molecule has 0 saturated heterocycles. The van der Waals surface area contributed by atoms with Gasteiger partial charge >= 0.3 is 5.97 Å². The lowest BCUT2D eigenvalue weighted by molar-refractivity contribution is -0.129. The lowest BCUT2D eigenvalue weighted by Gasteiger charge is -2.14. The molecule has 138 valence electrons. The Morgan fingerprint density at radius 3 is 2.35 bits per heavy atom. The predicted molar refractivity (Wildman–Crippen MR) is 92.7 cm³/mol. The number of ether oxygens (including phenoxy) is 1. The van der Waals surface area contributed by atoms with Crippen molar-refractivity contribution >= 4 is 21.7 Å². The van der Waals surface area contributed by atoms with Gasteiger partial charge in [-0.25, -0.2) is 17.6 Å². The first-order valence-electron chi connectivity index (χ1n) is 7.70. The maximum atomic E-state index is 12.8. The Bertz CT molecular complexity index is 909. The summed E-state index contributed by atoms with van der Waals surface area (Å²) in [4.78, 5) is 24.1. The lowest BCUT2D eigenvalue weighted by atomic mass is 10.2. The number of halogens is 1. The van der Waals surface area contributed by atoms with Gasteiger partial charge in [0, 0.05) is 12.8 Å². The van der Waals surface area contributed by atoms with Crippen molar-refractivity contribution in [2.75, 3.05) is 6.26 Å². The average Bonchev–Trinajstić information content (AvgIpc) is 2.60. The minimum absolute atomic E-state index is 0.131. The maximum absolute atomic E-state index is 12.8. The van der Waals surface area contributed by atoms with Crippen molar-refractivity contribution in [2.45, 2.75) is 24.5 Å². The lowest BCUT2D eigenvalue weighted by Crippen LogP contribution is -2.35. The van der Waals surface area contributed by atoms with E-state index in [2.05, 4.69) is 5.32 Å². The van der Waals surface area contributed by atoms with Crippen molar-refractivity contribution in [1.82, 2.24) is 5.32 Å². The maximum Gasteiger partial charge on any atom is 0.340 e. The Morgan fingerprint density at radius 2 is 1.73 bits per heavy atom. The zero-order chi connectivity index (χ0) is 19.3. The third-order valence-electron chi connectivity index (χ3n) is 3.54. The number of amides is 1. The van der Waals surface area contributed by atoms with Crippen molar-refractivity contribution in [1.29, 1.82) is 0 Å². The number of rotatable bonds is 6. The van der Waals surface area contributed by atoms with Crippen molar-refractivity contribution in [3.05, 3.63) is 65.5 Å². The molecule has 1 amide bonds. The van der Waals surface area contributed by atoms with E-state index in [1.807, 2.05) is 0 Å². The van der Waals surface area contributed by atoms with Crippen LogP contribution in [0.3, 0.4) is 0 Å². The second-order valence-corrected chi connectivity index (χ2v) is 7.64. The molecule has 0 fully saturated rings. The van der Waals surface area contributed by atoms with Crippen LogP contribution in [0.25, 0.3) is 0 Å². The summed E-state index contributed by atoms with van der Waals surface area (Å²) in [7, 11) is -3.62. The van der Waals surface area contributed by atoms with Gasteiger partial charge in [0.2, 0.25) is 0 Å². The number of carbonyl (C=O) groups is 2. The van der Waals surface area contributed by atoms with Gasteiger partial charge in [-0.05, 0) is 36.8 Å². The molecular formula is C18H18FNO5S. The smallest absolute Gasteiger partial charge is 0.340 e. The van der Waals surface area contributed by atoms with Gasteiger partial charge in [0.25, 0.3) is 5.91 Å². The van der Waals surface area contributed by atoms with Crippen molar-refractivity contribution < 1.29 is 27.1 Å². The standard InChI is InChI=1S/C18H18FNO5S/c1-12(17(21)20-11-13-7-9-14(19)10-8-13)25-18(22)15-5-3-4-6-16(15)26(2,23)24/h3-10,12H,11H2,1-2H3,(H,20,21)/t12-/m0/s1. The summed E-state index contributed by atoms with van der Waals surface area (Å²) < 4.78 is 41.4. The Balaban J connectivity index is 2.00. The van der Waals surface area contributed by atoms with Crippen LogP contribution >= 0.6 is 0 Å². The summed E-state index contributed by atoms with van der Waals surface area (Å²) in [5.41, 5.74) is 0.550. The topological polar surface area (TPSA) is 89.5 Å². The Kier molecular flexibility index (Phi) is 6.10. The zero-order valence-corrected chi connectivity index (χ0v) is 15.0. The quantitative estimate of drug-likeness (QED) is 0.777. The molecule has 0 radical (unpaired) electrons. The molecular weight excluding hydrogens is 361 g/mol.